The highest BCUT2D eigenvalue weighted by atomic mass is 16.5. The number of nitrogens with one attached hydrogen (secondary N) is 2. The van der Waals surface area contributed by atoms with E-state index in [-0.39, 0.29) is 6.61 Å². The second-order valence-corrected chi connectivity index (χ2v) is 7.13. The van der Waals surface area contributed by atoms with Gasteiger partial charge in [-0.25, -0.2) is 4.98 Å². The molecule has 2 aromatic heterocycles. The monoisotopic (exact) mass is 358 g/mol. The van der Waals surface area contributed by atoms with Crippen LogP contribution in [0, 0.1) is 0 Å². The molecule has 0 amide bonds. The minimum atomic E-state index is 0.0450. The molecule has 2 fully saturated rings. The highest BCUT2D eigenvalue weighted by Crippen LogP contribution is 2.39. The first kappa shape index (κ1) is 17.2. The van der Waals surface area contributed by atoms with Gasteiger partial charge in [-0.15, -0.1) is 0 Å². The van der Waals surface area contributed by atoms with Crippen molar-refractivity contribution in [3.8, 4) is 0 Å². The van der Waals surface area contributed by atoms with Crippen LogP contribution in [0.4, 0.5) is 11.8 Å². The Morgan fingerprint density at radius 1 is 1.23 bits per heavy atom. The molecule has 1 saturated carbocycles. The fourth-order valence-corrected chi connectivity index (χ4v) is 3.26. The lowest BCUT2D eigenvalue weighted by Crippen LogP contribution is -2.20. The Hall–Kier alpha value is -2.19. The maximum atomic E-state index is 9.07. The van der Waals surface area contributed by atoms with Gasteiger partial charge in [-0.3, -0.25) is 5.10 Å². The number of aromatic amines is 1. The van der Waals surface area contributed by atoms with Gasteiger partial charge in [0.05, 0.1) is 36.8 Å². The molecule has 0 bridgehead atoms. The molecule has 1 aliphatic heterocycles. The summed E-state index contributed by atoms with van der Waals surface area (Å²) in [7, 11) is 2.02. The summed E-state index contributed by atoms with van der Waals surface area (Å²) in [5.41, 5.74) is 3.25. The Kier molecular flexibility index (Phi) is 5.03. The van der Waals surface area contributed by atoms with Gasteiger partial charge in [-0.1, -0.05) is 0 Å². The average molecular weight is 358 g/mol. The number of aromatic nitrogens is 4. The molecule has 3 heterocycles. The normalized spacial score (nSPS) is 19.7. The van der Waals surface area contributed by atoms with Crippen LogP contribution in [0.15, 0.2) is 12.1 Å². The smallest absolute Gasteiger partial charge is 0.224 e. The maximum Gasteiger partial charge on any atom is 0.224 e. The highest BCUT2D eigenvalue weighted by molar-refractivity contribution is 5.45. The molecule has 1 atom stereocenters. The summed E-state index contributed by atoms with van der Waals surface area (Å²) in [6, 6.07) is 4.20. The van der Waals surface area contributed by atoms with Crippen LogP contribution in [0.3, 0.4) is 0 Å². The molecule has 0 spiro atoms. The zero-order valence-electron chi connectivity index (χ0n) is 15.1. The lowest BCUT2D eigenvalue weighted by molar-refractivity contribution is 0.193. The van der Waals surface area contributed by atoms with Gasteiger partial charge in [0.25, 0.3) is 0 Å². The van der Waals surface area contributed by atoms with Gasteiger partial charge >= 0.3 is 0 Å². The van der Waals surface area contributed by atoms with E-state index in [1.54, 1.807) is 0 Å². The minimum absolute atomic E-state index is 0.0450. The van der Waals surface area contributed by atoms with E-state index in [1.165, 1.54) is 18.5 Å². The summed E-state index contributed by atoms with van der Waals surface area (Å²) < 4.78 is 5.51. The zero-order chi connectivity index (χ0) is 17.9. The van der Waals surface area contributed by atoms with Crippen LogP contribution >= 0.6 is 0 Å². The zero-order valence-corrected chi connectivity index (χ0v) is 15.1. The summed E-state index contributed by atoms with van der Waals surface area (Å²) in [4.78, 5) is 11.3. The summed E-state index contributed by atoms with van der Waals surface area (Å²) in [5.74, 6) is 2.35. The third-order valence-corrected chi connectivity index (χ3v) is 4.92. The number of rotatable bonds is 8. The quantitative estimate of drug-likeness (QED) is 0.659. The summed E-state index contributed by atoms with van der Waals surface area (Å²) in [5, 5.41) is 19.7. The number of nitrogens with zero attached hydrogens (tertiary/aromatic N) is 4. The molecule has 4 rings (SSSR count). The van der Waals surface area contributed by atoms with Crippen molar-refractivity contribution in [2.75, 3.05) is 43.6 Å². The summed E-state index contributed by atoms with van der Waals surface area (Å²) >= 11 is 0. The SMILES string of the molecule is CN(Cc1cc(C2CC2)n[nH]1)c1cc([C@H]2CCOC2)nc(NCCO)n1. The highest BCUT2D eigenvalue weighted by Gasteiger charge is 2.26. The van der Waals surface area contributed by atoms with Crippen LogP contribution in [0.25, 0.3) is 0 Å². The van der Waals surface area contributed by atoms with Crippen LogP contribution in [0.2, 0.25) is 0 Å². The molecule has 2 aromatic rings. The van der Waals surface area contributed by atoms with Gasteiger partial charge in [-0.2, -0.15) is 10.1 Å². The van der Waals surface area contributed by atoms with E-state index in [0.717, 1.165) is 30.2 Å². The topological polar surface area (TPSA) is 99.2 Å². The number of H-pyrrole nitrogens is 1. The Morgan fingerprint density at radius 3 is 2.85 bits per heavy atom. The van der Waals surface area contributed by atoms with Gasteiger partial charge in [0.1, 0.15) is 5.82 Å². The lowest BCUT2D eigenvalue weighted by atomic mass is 10.0. The predicted molar refractivity (Wildman–Crippen MR) is 98.5 cm³/mol. The molecule has 8 nitrogen and oxygen atoms in total. The van der Waals surface area contributed by atoms with Crippen LogP contribution < -0.4 is 10.2 Å². The van der Waals surface area contributed by atoms with E-state index in [2.05, 4.69) is 36.4 Å². The third-order valence-electron chi connectivity index (χ3n) is 4.92. The molecule has 2 aliphatic rings. The van der Waals surface area contributed by atoms with E-state index >= 15 is 0 Å². The first-order valence-electron chi connectivity index (χ1n) is 9.29. The lowest BCUT2D eigenvalue weighted by Gasteiger charge is -2.20. The van der Waals surface area contributed by atoms with E-state index in [0.29, 0.717) is 37.5 Å². The Morgan fingerprint density at radius 2 is 2.12 bits per heavy atom. The minimum Gasteiger partial charge on any atom is -0.395 e. The Bertz CT molecular complexity index is 739. The van der Waals surface area contributed by atoms with Crippen LogP contribution in [-0.2, 0) is 11.3 Å². The predicted octanol–water partition coefficient (Wildman–Crippen LogP) is 1.62. The van der Waals surface area contributed by atoms with Gasteiger partial charge in [0, 0.05) is 38.1 Å². The van der Waals surface area contributed by atoms with Crippen molar-refractivity contribution in [2.45, 2.75) is 37.6 Å². The van der Waals surface area contributed by atoms with Crippen molar-refractivity contribution in [3.63, 3.8) is 0 Å². The summed E-state index contributed by atoms with van der Waals surface area (Å²) in [6.45, 7) is 2.65. The largest absolute Gasteiger partial charge is 0.395 e. The second kappa shape index (κ2) is 7.59. The number of anilines is 2. The van der Waals surface area contributed by atoms with E-state index in [1.807, 2.05) is 13.1 Å². The van der Waals surface area contributed by atoms with Gasteiger partial charge in [0.15, 0.2) is 0 Å². The molecular weight excluding hydrogens is 332 g/mol. The van der Waals surface area contributed by atoms with Gasteiger partial charge in [0.2, 0.25) is 5.95 Å². The van der Waals surface area contributed by atoms with Crippen molar-refractivity contribution >= 4 is 11.8 Å². The van der Waals surface area contributed by atoms with Gasteiger partial charge < -0.3 is 20.1 Å². The van der Waals surface area contributed by atoms with Crippen molar-refractivity contribution in [2.24, 2.45) is 0 Å². The molecule has 1 saturated heterocycles. The number of ether oxygens (including phenoxy) is 1. The standard InChI is InChI=1S/C18H26N6O2/c1-24(10-14-8-16(23-22-14)12-2-3-12)17-9-15(13-4-7-26-11-13)20-18(21-17)19-5-6-25/h8-9,12-13,25H,2-7,10-11H2,1H3,(H,22,23)(H,19,20,21)/t13-/m0/s1. The Labute approximate surface area is 153 Å². The molecule has 3 N–H and O–H groups in total. The maximum absolute atomic E-state index is 9.07. The molecule has 8 heteroatoms. The first-order valence-corrected chi connectivity index (χ1v) is 9.29. The molecule has 26 heavy (non-hydrogen) atoms. The fourth-order valence-electron chi connectivity index (χ4n) is 3.26. The number of aliphatic hydroxyl groups excluding tert-OH is 1. The summed E-state index contributed by atoms with van der Waals surface area (Å²) in [6.07, 6.45) is 3.47. The average Bonchev–Trinajstić information content (AvgIpc) is 3.16. The van der Waals surface area contributed by atoms with Crippen molar-refractivity contribution in [1.29, 1.82) is 0 Å². The van der Waals surface area contributed by atoms with E-state index in [9.17, 15) is 0 Å². The fraction of sp³-hybridized carbons (Fsp3) is 0.611. The molecule has 0 radical (unpaired) electrons. The molecule has 1 aliphatic carbocycles. The van der Waals surface area contributed by atoms with Gasteiger partial charge in [-0.05, 0) is 25.3 Å². The molecule has 0 aromatic carbocycles. The van der Waals surface area contributed by atoms with Crippen LogP contribution in [0.1, 0.15) is 48.2 Å². The van der Waals surface area contributed by atoms with Crippen LogP contribution in [0.5, 0.6) is 0 Å². The number of aliphatic hydroxyl groups is 1. The first-order chi connectivity index (χ1) is 12.7. The Balaban J connectivity index is 1.52. The van der Waals surface area contributed by atoms with Crippen molar-refractivity contribution < 1.29 is 9.84 Å². The number of hydrogen-bond acceptors (Lipinski definition) is 7. The third kappa shape index (κ3) is 3.96. The van der Waals surface area contributed by atoms with E-state index < -0.39 is 0 Å². The molecule has 0 unspecified atom stereocenters. The van der Waals surface area contributed by atoms with E-state index in [4.69, 9.17) is 9.84 Å². The molecule has 140 valence electrons. The van der Waals surface area contributed by atoms with Crippen molar-refractivity contribution in [3.05, 3.63) is 29.2 Å². The van der Waals surface area contributed by atoms with Crippen LogP contribution in [-0.4, -0.2) is 58.7 Å². The second-order valence-electron chi connectivity index (χ2n) is 7.13. The number of hydrogen-bond donors (Lipinski definition) is 3. The molecular formula is C18H26N6O2. The van der Waals surface area contributed by atoms with Crippen molar-refractivity contribution in [1.82, 2.24) is 20.2 Å².